The van der Waals surface area contributed by atoms with E-state index < -0.39 is 0 Å². The Bertz CT molecular complexity index is 384. The van der Waals surface area contributed by atoms with Gasteiger partial charge in [0.25, 0.3) is 0 Å². The van der Waals surface area contributed by atoms with Crippen molar-refractivity contribution < 1.29 is 0 Å². The molecular weight excluding hydrogens is 274 g/mol. The van der Waals surface area contributed by atoms with Crippen molar-refractivity contribution in [3.63, 3.8) is 0 Å². The quantitative estimate of drug-likeness (QED) is 0.816. The Labute approximate surface area is 125 Å². The minimum absolute atomic E-state index is 0.516. The maximum atomic E-state index is 4.91. The molecule has 0 aromatic carbocycles. The van der Waals surface area contributed by atoms with Gasteiger partial charge in [0, 0.05) is 36.0 Å². The Morgan fingerprint density at radius 2 is 2.05 bits per heavy atom. The van der Waals surface area contributed by atoms with Gasteiger partial charge in [0.05, 0.1) is 5.69 Å². The van der Waals surface area contributed by atoms with Crippen LogP contribution in [0.4, 0.5) is 5.13 Å². The van der Waals surface area contributed by atoms with E-state index in [2.05, 4.69) is 42.7 Å². The molecular formula is C14H25N3S2. The number of hydrogen-bond donors (Lipinski definition) is 1. The van der Waals surface area contributed by atoms with E-state index in [1.54, 1.807) is 0 Å². The van der Waals surface area contributed by atoms with Crippen LogP contribution in [0, 0.1) is 0 Å². The van der Waals surface area contributed by atoms with Crippen LogP contribution in [0.2, 0.25) is 0 Å². The van der Waals surface area contributed by atoms with Gasteiger partial charge >= 0.3 is 0 Å². The third kappa shape index (κ3) is 4.10. The average molecular weight is 300 g/mol. The molecule has 1 aliphatic heterocycles. The van der Waals surface area contributed by atoms with Gasteiger partial charge in [-0.3, -0.25) is 0 Å². The lowest BCUT2D eigenvalue weighted by Gasteiger charge is -2.25. The molecule has 1 aromatic heterocycles. The van der Waals surface area contributed by atoms with Crippen LogP contribution in [0.15, 0.2) is 0 Å². The lowest BCUT2D eigenvalue weighted by atomic mass is 10.1. The van der Waals surface area contributed by atoms with Crippen LogP contribution in [0.5, 0.6) is 0 Å². The van der Waals surface area contributed by atoms with Crippen LogP contribution in [0.1, 0.15) is 43.7 Å². The van der Waals surface area contributed by atoms with E-state index in [4.69, 9.17) is 4.98 Å². The largest absolute Gasteiger partial charge is 0.346 e. The van der Waals surface area contributed by atoms with Gasteiger partial charge in [-0.25, -0.2) is 4.98 Å². The summed E-state index contributed by atoms with van der Waals surface area (Å²) in [6.07, 6.45) is 1.19. The third-order valence-electron chi connectivity index (χ3n) is 3.26. The highest BCUT2D eigenvalue weighted by molar-refractivity contribution is 7.99. The molecule has 1 aliphatic rings. The topological polar surface area (TPSA) is 28.2 Å². The summed E-state index contributed by atoms with van der Waals surface area (Å²) in [5.74, 6) is 2.99. The van der Waals surface area contributed by atoms with Gasteiger partial charge in [0.2, 0.25) is 0 Å². The van der Waals surface area contributed by atoms with Crippen molar-refractivity contribution in [1.29, 1.82) is 0 Å². The maximum absolute atomic E-state index is 4.91. The van der Waals surface area contributed by atoms with Crippen molar-refractivity contribution in [2.45, 2.75) is 39.7 Å². The van der Waals surface area contributed by atoms with Crippen molar-refractivity contribution >= 4 is 28.2 Å². The van der Waals surface area contributed by atoms with Crippen LogP contribution < -0.4 is 10.2 Å². The number of anilines is 1. The van der Waals surface area contributed by atoms with Crippen molar-refractivity contribution in [3.8, 4) is 0 Å². The zero-order valence-corrected chi connectivity index (χ0v) is 13.9. The first-order chi connectivity index (χ1) is 9.22. The zero-order valence-electron chi connectivity index (χ0n) is 12.2. The molecule has 0 aliphatic carbocycles. The molecule has 108 valence electrons. The second-order valence-electron chi connectivity index (χ2n) is 5.24. The minimum atomic E-state index is 0.516. The molecule has 2 heterocycles. The molecule has 2 rings (SSSR count). The Morgan fingerprint density at radius 1 is 1.32 bits per heavy atom. The molecule has 0 unspecified atom stereocenters. The van der Waals surface area contributed by atoms with Gasteiger partial charge in [0.15, 0.2) is 5.13 Å². The van der Waals surface area contributed by atoms with Crippen LogP contribution in [0.25, 0.3) is 0 Å². The number of nitrogens with one attached hydrogen (secondary N) is 1. The second kappa shape index (κ2) is 7.50. The maximum Gasteiger partial charge on any atom is 0.185 e. The summed E-state index contributed by atoms with van der Waals surface area (Å²) in [4.78, 5) is 8.79. The zero-order chi connectivity index (χ0) is 13.7. The predicted molar refractivity (Wildman–Crippen MR) is 87.7 cm³/mol. The summed E-state index contributed by atoms with van der Waals surface area (Å²) in [5.41, 5.74) is 1.29. The summed E-state index contributed by atoms with van der Waals surface area (Å²) in [7, 11) is 0. The molecule has 0 bridgehead atoms. The number of hydrogen-bond acceptors (Lipinski definition) is 5. The number of thiazole rings is 1. The van der Waals surface area contributed by atoms with Gasteiger partial charge in [0.1, 0.15) is 0 Å². The fourth-order valence-corrected chi connectivity index (χ4v) is 4.34. The standard InChI is InChI=1S/C14H25N3S2/c1-4-5-15-10-12-13(11(2)3)16-14(19-12)17-6-8-18-9-7-17/h11,15H,4-10H2,1-3H3. The summed E-state index contributed by atoms with van der Waals surface area (Å²) < 4.78 is 0. The van der Waals surface area contributed by atoms with Crippen LogP contribution in [-0.4, -0.2) is 36.1 Å². The van der Waals surface area contributed by atoms with Crippen LogP contribution in [0.3, 0.4) is 0 Å². The molecule has 1 aromatic rings. The smallest absolute Gasteiger partial charge is 0.185 e. The monoisotopic (exact) mass is 299 g/mol. The van der Waals surface area contributed by atoms with E-state index in [1.807, 2.05) is 11.3 Å². The van der Waals surface area contributed by atoms with E-state index >= 15 is 0 Å². The van der Waals surface area contributed by atoms with Gasteiger partial charge in [-0.1, -0.05) is 20.8 Å². The molecule has 1 saturated heterocycles. The molecule has 5 heteroatoms. The molecule has 1 N–H and O–H groups in total. The molecule has 0 saturated carbocycles. The highest BCUT2D eigenvalue weighted by Crippen LogP contribution is 2.31. The van der Waals surface area contributed by atoms with Gasteiger partial charge < -0.3 is 10.2 Å². The normalized spacial score (nSPS) is 16.3. The van der Waals surface area contributed by atoms with Crippen molar-refractivity contribution in [1.82, 2.24) is 10.3 Å². The third-order valence-corrected chi connectivity index (χ3v) is 5.33. The van der Waals surface area contributed by atoms with Gasteiger partial charge in [-0.2, -0.15) is 11.8 Å². The lowest BCUT2D eigenvalue weighted by molar-refractivity contribution is 0.670. The van der Waals surface area contributed by atoms with E-state index in [0.717, 1.165) is 26.2 Å². The van der Waals surface area contributed by atoms with E-state index in [0.29, 0.717) is 5.92 Å². The Kier molecular flexibility index (Phi) is 5.98. The summed E-state index contributed by atoms with van der Waals surface area (Å²) in [6.45, 7) is 11.1. The van der Waals surface area contributed by atoms with E-state index in [-0.39, 0.29) is 0 Å². The molecule has 0 spiro atoms. The first kappa shape index (κ1) is 15.1. The van der Waals surface area contributed by atoms with E-state index in [1.165, 1.54) is 33.6 Å². The van der Waals surface area contributed by atoms with Crippen molar-refractivity contribution in [3.05, 3.63) is 10.6 Å². The number of thioether (sulfide) groups is 1. The fourth-order valence-electron chi connectivity index (χ4n) is 2.20. The first-order valence-electron chi connectivity index (χ1n) is 7.25. The predicted octanol–water partition coefficient (Wildman–Crippen LogP) is 3.32. The van der Waals surface area contributed by atoms with Crippen molar-refractivity contribution in [2.75, 3.05) is 36.0 Å². The number of aromatic nitrogens is 1. The summed E-state index contributed by atoms with van der Waals surface area (Å²) in [5, 5.41) is 4.74. The first-order valence-corrected chi connectivity index (χ1v) is 9.22. The highest BCUT2D eigenvalue weighted by Gasteiger charge is 2.19. The minimum Gasteiger partial charge on any atom is -0.346 e. The lowest BCUT2D eigenvalue weighted by Crippen LogP contribution is -2.32. The number of nitrogens with zero attached hydrogens (tertiary/aromatic N) is 2. The molecule has 0 radical (unpaired) electrons. The van der Waals surface area contributed by atoms with Crippen LogP contribution >= 0.6 is 23.1 Å². The summed E-state index contributed by atoms with van der Waals surface area (Å²) >= 11 is 3.94. The second-order valence-corrected chi connectivity index (χ2v) is 7.52. The molecule has 1 fully saturated rings. The number of rotatable bonds is 6. The molecule has 0 atom stereocenters. The Hall–Kier alpha value is -0.260. The fraction of sp³-hybridized carbons (Fsp3) is 0.786. The van der Waals surface area contributed by atoms with Gasteiger partial charge in [-0.15, -0.1) is 11.3 Å². The van der Waals surface area contributed by atoms with Crippen LogP contribution in [-0.2, 0) is 6.54 Å². The van der Waals surface area contributed by atoms with Gasteiger partial charge in [-0.05, 0) is 18.9 Å². The Morgan fingerprint density at radius 3 is 2.68 bits per heavy atom. The highest BCUT2D eigenvalue weighted by atomic mass is 32.2. The molecule has 0 amide bonds. The molecule has 19 heavy (non-hydrogen) atoms. The van der Waals surface area contributed by atoms with Crippen molar-refractivity contribution in [2.24, 2.45) is 0 Å². The Balaban J connectivity index is 2.09. The average Bonchev–Trinajstić information content (AvgIpc) is 2.84. The SMILES string of the molecule is CCCNCc1sc(N2CCSCC2)nc1C(C)C. The summed E-state index contributed by atoms with van der Waals surface area (Å²) in [6, 6.07) is 0. The molecule has 3 nitrogen and oxygen atoms in total. The van der Waals surface area contributed by atoms with E-state index in [9.17, 15) is 0 Å².